The molecule has 1 aliphatic rings. The fourth-order valence-corrected chi connectivity index (χ4v) is 6.57. The quantitative estimate of drug-likeness (QED) is 0.171. The second kappa shape index (κ2) is 14.6. The molecule has 0 fully saturated rings. The topological polar surface area (TPSA) is 96.2 Å². The Morgan fingerprint density at radius 2 is 1.58 bits per heavy atom. The molecule has 0 bridgehead atoms. The predicted molar refractivity (Wildman–Crippen MR) is 175 cm³/mol. The molecule has 0 unspecified atom stereocenters. The lowest BCUT2D eigenvalue weighted by molar-refractivity contribution is -0.140. The van der Waals surface area contributed by atoms with Gasteiger partial charge in [0.1, 0.15) is 12.4 Å². The average molecular weight is 740 g/mol. The van der Waals surface area contributed by atoms with Gasteiger partial charge in [-0.15, -0.1) is 0 Å². The van der Waals surface area contributed by atoms with Crippen molar-refractivity contribution in [3.8, 4) is 5.75 Å². The number of hydrogen-bond donors (Lipinski definition) is 0. The number of esters is 2. The van der Waals surface area contributed by atoms with Gasteiger partial charge < -0.3 is 14.2 Å². The van der Waals surface area contributed by atoms with Crippen LogP contribution in [-0.2, 0) is 20.9 Å². The van der Waals surface area contributed by atoms with E-state index in [1.165, 1.54) is 49.4 Å². The molecule has 2 heterocycles. The molecule has 250 valence electrons. The number of allylic oxidation sites excluding steroid dienone is 1. The van der Waals surface area contributed by atoms with E-state index in [0.29, 0.717) is 27.5 Å². The molecule has 0 saturated heterocycles. The lowest BCUT2D eigenvalue weighted by atomic mass is 9.95. The number of rotatable bonds is 9. The van der Waals surface area contributed by atoms with E-state index in [9.17, 15) is 27.6 Å². The molecule has 0 spiro atoms. The Morgan fingerprint density at radius 3 is 2.21 bits per heavy atom. The highest BCUT2D eigenvalue weighted by Crippen LogP contribution is 2.39. The van der Waals surface area contributed by atoms with E-state index < -0.39 is 41.0 Å². The van der Waals surface area contributed by atoms with Crippen LogP contribution in [0.15, 0.2) is 81.7 Å². The summed E-state index contributed by atoms with van der Waals surface area (Å²) in [5.74, 6) is -1.60. The summed E-state index contributed by atoms with van der Waals surface area (Å²) in [5, 5.41) is 0.602. The molecular weight excluding hydrogens is 716 g/mol. The first kappa shape index (κ1) is 35.2. The predicted octanol–water partition coefficient (Wildman–Crippen LogP) is 7.06. The largest absolute Gasteiger partial charge is 0.487 e. The highest BCUT2D eigenvalue weighted by atomic mass is 35.5. The van der Waals surface area contributed by atoms with Crippen molar-refractivity contribution in [2.24, 2.45) is 4.99 Å². The lowest BCUT2D eigenvalue weighted by Gasteiger charge is -2.26. The zero-order chi connectivity index (χ0) is 34.7. The number of halogens is 6. The summed E-state index contributed by atoms with van der Waals surface area (Å²) in [5.41, 5.74) is -1.59. The zero-order valence-corrected chi connectivity index (χ0v) is 28.2. The molecule has 0 aliphatic carbocycles. The Labute approximate surface area is 290 Å². The molecule has 5 rings (SSSR count). The third kappa shape index (κ3) is 7.46. The fourth-order valence-electron chi connectivity index (χ4n) is 4.89. The van der Waals surface area contributed by atoms with Crippen LogP contribution in [0.25, 0.3) is 6.08 Å². The van der Waals surface area contributed by atoms with Gasteiger partial charge in [0.15, 0.2) is 10.5 Å². The van der Waals surface area contributed by atoms with Gasteiger partial charge in [0, 0.05) is 15.6 Å². The molecule has 4 aromatic rings. The number of thiazole rings is 1. The summed E-state index contributed by atoms with van der Waals surface area (Å²) in [4.78, 5) is 42.5. The van der Waals surface area contributed by atoms with Gasteiger partial charge in [-0.25, -0.2) is 14.6 Å². The zero-order valence-electron chi connectivity index (χ0n) is 25.1. The van der Waals surface area contributed by atoms with Gasteiger partial charge in [0.05, 0.1) is 39.9 Å². The van der Waals surface area contributed by atoms with Gasteiger partial charge in [-0.1, -0.05) is 70.4 Å². The first-order valence-corrected chi connectivity index (χ1v) is 16.2. The number of hydrogen-bond acceptors (Lipinski definition) is 8. The van der Waals surface area contributed by atoms with Gasteiger partial charge in [0.25, 0.3) is 5.56 Å². The van der Waals surface area contributed by atoms with Crippen LogP contribution in [0.1, 0.15) is 46.9 Å². The van der Waals surface area contributed by atoms with E-state index in [2.05, 4.69) is 4.99 Å². The average Bonchev–Trinajstić information content (AvgIpc) is 3.34. The van der Waals surface area contributed by atoms with Crippen molar-refractivity contribution in [3.05, 3.63) is 129 Å². The second-order valence-electron chi connectivity index (χ2n) is 10.1. The van der Waals surface area contributed by atoms with Gasteiger partial charge >= 0.3 is 18.1 Å². The molecule has 3 aromatic carbocycles. The maximum absolute atomic E-state index is 14.4. The monoisotopic (exact) mass is 738 g/mol. The van der Waals surface area contributed by atoms with Gasteiger partial charge in [-0.3, -0.25) is 9.36 Å². The van der Waals surface area contributed by atoms with E-state index in [0.717, 1.165) is 4.57 Å². The molecule has 48 heavy (non-hydrogen) atoms. The van der Waals surface area contributed by atoms with Gasteiger partial charge in [0.2, 0.25) is 0 Å². The van der Waals surface area contributed by atoms with Crippen molar-refractivity contribution in [3.63, 3.8) is 0 Å². The Balaban J connectivity index is 1.63. The van der Waals surface area contributed by atoms with Crippen LogP contribution >= 0.6 is 46.1 Å². The first-order valence-electron chi connectivity index (χ1n) is 14.3. The van der Waals surface area contributed by atoms with E-state index in [1.807, 2.05) is 0 Å². The van der Waals surface area contributed by atoms with Crippen LogP contribution in [0.4, 0.5) is 13.2 Å². The van der Waals surface area contributed by atoms with Gasteiger partial charge in [-0.05, 0) is 67.4 Å². The Hall–Kier alpha value is -4.10. The van der Waals surface area contributed by atoms with Crippen LogP contribution < -0.4 is 19.6 Å². The molecule has 15 heteroatoms. The summed E-state index contributed by atoms with van der Waals surface area (Å²) in [6.07, 6.45) is -3.68. The molecule has 0 radical (unpaired) electrons. The summed E-state index contributed by atoms with van der Waals surface area (Å²) < 4.78 is 60.2. The number of carbonyl (C=O) groups is 2. The van der Waals surface area contributed by atoms with Gasteiger partial charge in [-0.2, -0.15) is 13.2 Å². The summed E-state index contributed by atoms with van der Waals surface area (Å²) >= 11 is 19.5. The van der Waals surface area contributed by atoms with Crippen molar-refractivity contribution in [2.45, 2.75) is 32.7 Å². The van der Waals surface area contributed by atoms with Crippen molar-refractivity contribution in [1.82, 2.24) is 4.57 Å². The van der Waals surface area contributed by atoms with E-state index >= 15 is 0 Å². The standard InChI is InChI=1S/C33H24Cl3F3N2O6S/c1-3-45-30(43)19-7-5-17(6-8-19)16-47-27-20(13-22(35)15-23(27)36)14-24-29(42)41-26(18-9-11-21(34)12-10-18)25(31(44)46-4-2)28(33(37,38)39)40-32(41)48-24/h5-15,26H,3-4,16H2,1-2H3/b24-14-/t26-/m1/s1. The molecule has 1 aliphatic heterocycles. The van der Waals surface area contributed by atoms with Crippen molar-refractivity contribution in [1.29, 1.82) is 0 Å². The second-order valence-corrected chi connectivity index (χ2v) is 12.4. The molecule has 0 amide bonds. The van der Waals surface area contributed by atoms with Crippen LogP contribution in [0.5, 0.6) is 5.75 Å². The number of benzene rings is 3. The third-order valence-electron chi connectivity index (χ3n) is 6.95. The number of carbonyl (C=O) groups excluding carboxylic acids is 2. The smallest absolute Gasteiger partial charge is 0.434 e. The Bertz CT molecular complexity index is 2090. The van der Waals surface area contributed by atoms with E-state index in [-0.39, 0.29) is 56.1 Å². The lowest BCUT2D eigenvalue weighted by Crippen LogP contribution is -2.41. The number of ether oxygens (including phenoxy) is 3. The van der Waals surface area contributed by atoms with Crippen LogP contribution in [0.2, 0.25) is 15.1 Å². The summed E-state index contributed by atoms with van der Waals surface area (Å²) in [6, 6.07) is 13.6. The molecule has 0 N–H and O–H groups in total. The maximum atomic E-state index is 14.4. The number of nitrogens with zero attached hydrogens (tertiary/aromatic N) is 2. The fraction of sp³-hybridized carbons (Fsp3) is 0.212. The molecule has 1 atom stereocenters. The van der Waals surface area contributed by atoms with Crippen molar-refractivity contribution < 1.29 is 37.0 Å². The SMILES string of the molecule is CCOC(=O)C1=C(C(F)(F)F)N=c2s/c(=C\c3cc(Cl)cc(Cl)c3OCc3ccc(C(=O)OCC)cc3)c(=O)n2[C@@H]1c1ccc(Cl)cc1. The van der Waals surface area contributed by atoms with Crippen LogP contribution in [-0.4, -0.2) is 35.9 Å². The molecular formula is C33H24Cl3F3N2O6S. The maximum Gasteiger partial charge on any atom is 0.434 e. The molecule has 1 aromatic heterocycles. The highest BCUT2D eigenvalue weighted by Gasteiger charge is 2.45. The number of aromatic nitrogens is 1. The van der Waals surface area contributed by atoms with Crippen LogP contribution in [0, 0.1) is 0 Å². The molecule has 8 nitrogen and oxygen atoms in total. The third-order valence-corrected chi connectivity index (χ3v) is 8.69. The number of fused-ring (bicyclic) bond motifs is 1. The van der Waals surface area contributed by atoms with E-state index in [4.69, 9.17) is 49.0 Å². The first-order chi connectivity index (χ1) is 22.8. The number of alkyl halides is 3. The summed E-state index contributed by atoms with van der Waals surface area (Å²) in [6.45, 7) is 3.18. The van der Waals surface area contributed by atoms with E-state index in [1.54, 1.807) is 31.2 Å². The van der Waals surface area contributed by atoms with Crippen LogP contribution in [0.3, 0.4) is 0 Å². The Morgan fingerprint density at radius 1 is 0.938 bits per heavy atom. The minimum atomic E-state index is -5.06. The van der Waals surface area contributed by atoms with Crippen molar-refractivity contribution >= 4 is 64.2 Å². The van der Waals surface area contributed by atoms with Crippen molar-refractivity contribution in [2.75, 3.05) is 13.2 Å². The minimum Gasteiger partial charge on any atom is -0.487 e. The summed E-state index contributed by atoms with van der Waals surface area (Å²) in [7, 11) is 0. The minimum absolute atomic E-state index is 0.000950. The molecule has 0 saturated carbocycles. The Kier molecular flexibility index (Phi) is 10.7. The normalized spacial score (nSPS) is 14.8. The highest BCUT2D eigenvalue weighted by molar-refractivity contribution is 7.07.